The first kappa shape index (κ1) is 23.3. The molecule has 2 N–H and O–H groups in total. The van der Waals surface area contributed by atoms with Crippen molar-refractivity contribution in [3.63, 3.8) is 0 Å². The summed E-state index contributed by atoms with van der Waals surface area (Å²) >= 11 is 1.32. The van der Waals surface area contributed by atoms with Crippen LogP contribution in [0.1, 0.15) is 17.8 Å². The quantitative estimate of drug-likeness (QED) is 0.355. The van der Waals surface area contributed by atoms with Crippen LogP contribution in [0.25, 0.3) is 5.69 Å². The highest BCUT2D eigenvalue weighted by Crippen LogP contribution is 2.25. The van der Waals surface area contributed by atoms with E-state index < -0.39 is 5.91 Å². The molecule has 0 fully saturated rings. The maximum absolute atomic E-state index is 13.2. The van der Waals surface area contributed by atoms with Crippen molar-refractivity contribution in [1.29, 1.82) is 0 Å². The highest BCUT2D eigenvalue weighted by molar-refractivity contribution is 7.99. The van der Waals surface area contributed by atoms with Crippen LogP contribution in [-0.4, -0.2) is 38.9 Å². The zero-order valence-electron chi connectivity index (χ0n) is 18.6. The summed E-state index contributed by atoms with van der Waals surface area (Å²) in [6.07, 6.45) is 0.707. The Balaban J connectivity index is 1.56. The number of hydrogen-bond donors (Lipinski definition) is 1. The Morgan fingerprint density at radius 3 is 2.12 bits per heavy atom. The fraction of sp³-hybridized carbons (Fsp3) is 0.154. The predicted octanol–water partition coefficient (Wildman–Crippen LogP) is 3.86. The van der Waals surface area contributed by atoms with E-state index in [1.165, 1.54) is 11.8 Å². The number of hydrogen-bond acceptors (Lipinski definition) is 5. The molecule has 0 atom stereocenters. The van der Waals surface area contributed by atoms with Crippen LogP contribution in [0.3, 0.4) is 0 Å². The number of thioether (sulfide) groups is 1. The highest BCUT2D eigenvalue weighted by Gasteiger charge is 2.20. The van der Waals surface area contributed by atoms with Gasteiger partial charge in [0.15, 0.2) is 5.16 Å². The SMILES string of the molecule is NC(=O)CCN(C(=O)CSc1nnc(Cc2ccccc2)n1-c1ccccc1)c1ccccc1. The van der Waals surface area contributed by atoms with E-state index in [1.54, 1.807) is 4.90 Å². The van der Waals surface area contributed by atoms with E-state index >= 15 is 0 Å². The lowest BCUT2D eigenvalue weighted by atomic mass is 10.1. The zero-order valence-corrected chi connectivity index (χ0v) is 19.4. The van der Waals surface area contributed by atoms with Crippen LogP contribution >= 0.6 is 11.8 Å². The molecule has 0 aliphatic heterocycles. The van der Waals surface area contributed by atoms with Crippen LogP contribution < -0.4 is 10.6 Å². The number of rotatable bonds is 10. The molecular formula is C26H25N5O2S. The van der Waals surface area contributed by atoms with Crippen molar-refractivity contribution in [3.05, 3.63) is 102 Å². The topological polar surface area (TPSA) is 94.1 Å². The minimum absolute atomic E-state index is 0.0900. The van der Waals surface area contributed by atoms with E-state index in [1.807, 2.05) is 83.4 Å². The van der Waals surface area contributed by atoms with E-state index in [-0.39, 0.29) is 24.6 Å². The van der Waals surface area contributed by atoms with Gasteiger partial charge in [0.05, 0.1) is 5.75 Å². The van der Waals surface area contributed by atoms with E-state index in [2.05, 4.69) is 22.3 Å². The molecule has 0 saturated carbocycles. The number of anilines is 1. The summed E-state index contributed by atoms with van der Waals surface area (Å²) in [6.45, 7) is 0.226. The van der Waals surface area contributed by atoms with Crippen molar-refractivity contribution in [3.8, 4) is 5.69 Å². The average Bonchev–Trinajstić information content (AvgIpc) is 3.26. The number of amides is 2. The van der Waals surface area contributed by atoms with Crippen LogP contribution in [0.15, 0.2) is 96.2 Å². The van der Waals surface area contributed by atoms with Gasteiger partial charge in [0.1, 0.15) is 5.82 Å². The summed E-state index contributed by atoms with van der Waals surface area (Å²) in [5, 5.41) is 9.47. The number of carbonyl (C=O) groups is 2. The molecule has 3 aromatic carbocycles. The van der Waals surface area contributed by atoms with Crippen molar-refractivity contribution in [2.24, 2.45) is 5.73 Å². The third kappa shape index (κ3) is 5.90. The monoisotopic (exact) mass is 471 g/mol. The Morgan fingerprint density at radius 2 is 1.47 bits per heavy atom. The maximum atomic E-state index is 13.2. The molecule has 0 aliphatic carbocycles. The van der Waals surface area contributed by atoms with E-state index in [4.69, 9.17) is 5.73 Å². The fourth-order valence-corrected chi connectivity index (χ4v) is 4.40. The molecule has 172 valence electrons. The summed E-state index contributed by atoms with van der Waals surface area (Å²) in [4.78, 5) is 26.1. The van der Waals surface area contributed by atoms with Gasteiger partial charge >= 0.3 is 0 Å². The third-order valence-electron chi connectivity index (χ3n) is 5.20. The molecule has 7 nitrogen and oxygen atoms in total. The predicted molar refractivity (Wildman–Crippen MR) is 134 cm³/mol. The molecule has 4 rings (SSSR count). The third-order valence-corrected chi connectivity index (χ3v) is 6.11. The normalized spacial score (nSPS) is 10.7. The van der Waals surface area contributed by atoms with E-state index in [9.17, 15) is 9.59 Å². The van der Waals surface area contributed by atoms with Crippen molar-refractivity contribution < 1.29 is 9.59 Å². The number of para-hydroxylation sites is 2. The molecule has 2 amide bonds. The van der Waals surface area contributed by atoms with Crippen molar-refractivity contribution in [1.82, 2.24) is 14.8 Å². The van der Waals surface area contributed by atoms with Crippen molar-refractivity contribution >= 4 is 29.3 Å². The van der Waals surface area contributed by atoms with Crippen LogP contribution in [0.4, 0.5) is 5.69 Å². The zero-order chi connectivity index (χ0) is 23.8. The standard InChI is InChI=1S/C26H25N5O2S/c27-23(32)16-17-30(21-12-6-2-7-13-21)25(33)19-34-26-29-28-24(18-20-10-4-1-5-11-20)31(26)22-14-8-3-9-15-22/h1-15H,16-19H2,(H2,27,32). The van der Waals surface area contributed by atoms with Gasteiger partial charge in [-0.05, 0) is 29.8 Å². The van der Waals surface area contributed by atoms with Crippen LogP contribution in [0, 0.1) is 0 Å². The summed E-state index contributed by atoms with van der Waals surface area (Å²) < 4.78 is 1.99. The van der Waals surface area contributed by atoms with Crippen LogP contribution in [0.5, 0.6) is 0 Å². The maximum Gasteiger partial charge on any atom is 0.237 e. The van der Waals surface area contributed by atoms with E-state index in [0.29, 0.717) is 11.6 Å². The Labute approximate surface area is 202 Å². The molecule has 0 saturated heterocycles. The van der Waals surface area contributed by atoms with Gasteiger partial charge < -0.3 is 10.6 Å². The Bertz CT molecular complexity index is 1230. The minimum Gasteiger partial charge on any atom is -0.370 e. The van der Waals surface area contributed by atoms with Gasteiger partial charge in [-0.1, -0.05) is 78.5 Å². The molecule has 1 heterocycles. The molecule has 0 radical (unpaired) electrons. The van der Waals surface area contributed by atoms with Gasteiger partial charge in [-0.3, -0.25) is 14.2 Å². The van der Waals surface area contributed by atoms with Crippen molar-refractivity contribution in [2.75, 3.05) is 17.2 Å². The summed E-state index contributed by atoms with van der Waals surface area (Å²) in [6, 6.07) is 29.2. The summed E-state index contributed by atoms with van der Waals surface area (Å²) in [5.41, 5.74) is 8.11. The first-order valence-electron chi connectivity index (χ1n) is 10.9. The fourth-order valence-electron chi connectivity index (χ4n) is 3.56. The lowest BCUT2D eigenvalue weighted by Gasteiger charge is -2.22. The first-order valence-corrected chi connectivity index (χ1v) is 11.9. The Hall–Kier alpha value is -3.91. The molecule has 0 spiro atoms. The minimum atomic E-state index is -0.448. The molecule has 0 bridgehead atoms. The van der Waals surface area contributed by atoms with Gasteiger partial charge in [-0.2, -0.15) is 0 Å². The van der Waals surface area contributed by atoms with Gasteiger partial charge in [-0.25, -0.2) is 0 Å². The van der Waals surface area contributed by atoms with Gasteiger partial charge in [0.25, 0.3) is 0 Å². The highest BCUT2D eigenvalue weighted by atomic mass is 32.2. The number of primary amides is 1. The molecule has 0 unspecified atom stereocenters. The van der Waals surface area contributed by atoms with Crippen molar-refractivity contribution in [2.45, 2.75) is 18.0 Å². The number of nitrogens with two attached hydrogens (primary N) is 1. The molecule has 1 aromatic heterocycles. The summed E-state index contributed by atoms with van der Waals surface area (Å²) in [5.74, 6) is 0.352. The smallest absolute Gasteiger partial charge is 0.237 e. The second-order valence-electron chi connectivity index (χ2n) is 7.62. The largest absolute Gasteiger partial charge is 0.370 e. The van der Waals surface area contributed by atoms with Gasteiger partial charge in [0, 0.05) is 30.8 Å². The number of nitrogens with zero attached hydrogens (tertiary/aromatic N) is 4. The Kier molecular flexibility index (Phi) is 7.72. The number of carbonyl (C=O) groups excluding carboxylic acids is 2. The van der Waals surface area contributed by atoms with E-state index in [0.717, 1.165) is 22.8 Å². The molecule has 8 heteroatoms. The second-order valence-corrected chi connectivity index (χ2v) is 8.56. The number of benzene rings is 3. The first-order chi connectivity index (χ1) is 16.6. The van der Waals surface area contributed by atoms with Crippen LogP contribution in [-0.2, 0) is 16.0 Å². The lowest BCUT2D eigenvalue weighted by molar-refractivity contribution is -0.118. The lowest BCUT2D eigenvalue weighted by Crippen LogP contribution is -2.35. The summed E-state index contributed by atoms with van der Waals surface area (Å²) in [7, 11) is 0. The molecule has 4 aromatic rings. The molecular weight excluding hydrogens is 446 g/mol. The molecule has 34 heavy (non-hydrogen) atoms. The number of aromatic nitrogens is 3. The van der Waals surface area contributed by atoms with Crippen LogP contribution in [0.2, 0.25) is 0 Å². The van der Waals surface area contributed by atoms with Gasteiger partial charge in [-0.15, -0.1) is 10.2 Å². The molecule has 0 aliphatic rings. The second kappa shape index (κ2) is 11.3. The Morgan fingerprint density at radius 1 is 0.853 bits per heavy atom. The average molecular weight is 472 g/mol. The van der Waals surface area contributed by atoms with Gasteiger partial charge in [0.2, 0.25) is 11.8 Å².